The summed E-state index contributed by atoms with van der Waals surface area (Å²) in [6.07, 6.45) is 11.0. The molecular weight excluding hydrogens is 492 g/mol. The normalized spacial score (nSPS) is 12.0. The van der Waals surface area contributed by atoms with Gasteiger partial charge in [-0.1, -0.05) is 49.2 Å². The number of unbranched alkanes of at least 4 members (excludes halogenated alkanes) is 2. The molecule has 39 heavy (non-hydrogen) atoms. The van der Waals surface area contributed by atoms with Crippen molar-refractivity contribution < 1.29 is 9.59 Å². The second-order valence-corrected chi connectivity index (χ2v) is 9.66. The van der Waals surface area contributed by atoms with Gasteiger partial charge in [0.1, 0.15) is 12.2 Å². The third-order valence-electron chi connectivity index (χ3n) is 6.88. The highest BCUT2D eigenvalue weighted by molar-refractivity contribution is 5.86. The van der Waals surface area contributed by atoms with Gasteiger partial charge in [-0.25, -0.2) is 14.5 Å². The van der Waals surface area contributed by atoms with Gasteiger partial charge in [-0.15, -0.1) is 0 Å². The van der Waals surface area contributed by atoms with E-state index in [0.29, 0.717) is 18.7 Å². The van der Waals surface area contributed by atoms with Gasteiger partial charge in [-0.05, 0) is 35.2 Å². The fourth-order valence-electron chi connectivity index (χ4n) is 4.70. The lowest BCUT2D eigenvalue weighted by atomic mass is 9.99. The molecule has 0 aliphatic rings. The number of nitrogens with one attached hydrogen (secondary N) is 3. The van der Waals surface area contributed by atoms with Crippen LogP contribution in [-0.2, 0) is 16.0 Å². The minimum Gasteiger partial charge on any atom is -0.359 e. The maximum Gasteiger partial charge on any atom is 0.252 e. The fourth-order valence-corrected chi connectivity index (χ4v) is 4.70. The van der Waals surface area contributed by atoms with Gasteiger partial charge in [0.25, 0.3) is 5.78 Å². The molecule has 2 aromatic carbocycles. The maximum absolute atomic E-state index is 12.8. The summed E-state index contributed by atoms with van der Waals surface area (Å²) in [6, 6.07) is 14.6. The predicted octanol–water partition coefficient (Wildman–Crippen LogP) is 3.81. The van der Waals surface area contributed by atoms with Crippen LogP contribution in [0.25, 0.3) is 27.8 Å². The maximum atomic E-state index is 12.8. The van der Waals surface area contributed by atoms with Gasteiger partial charge in [0.05, 0.1) is 18.3 Å². The smallest absolute Gasteiger partial charge is 0.252 e. The Morgan fingerprint density at radius 1 is 0.974 bits per heavy atom. The average Bonchev–Trinajstić information content (AvgIpc) is 3.64. The van der Waals surface area contributed by atoms with E-state index in [4.69, 9.17) is 4.98 Å². The molecule has 10 heteroatoms. The molecule has 1 unspecified atom stereocenters. The van der Waals surface area contributed by atoms with Crippen molar-refractivity contribution in [2.75, 3.05) is 13.6 Å². The van der Waals surface area contributed by atoms with Crippen LogP contribution in [-0.4, -0.2) is 55.0 Å². The number of hydrogen-bond donors (Lipinski definition) is 3. The Kier molecular flexibility index (Phi) is 8.20. The lowest BCUT2D eigenvalue weighted by Crippen LogP contribution is -2.30. The van der Waals surface area contributed by atoms with Crippen molar-refractivity contribution in [2.24, 2.45) is 0 Å². The number of rotatable bonds is 12. The lowest BCUT2D eigenvalue weighted by Gasteiger charge is -2.16. The molecule has 0 saturated heterocycles. The summed E-state index contributed by atoms with van der Waals surface area (Å²) in [5.41, 5.74) is 2.77. The number of fused-ring (bicyclic) bond motifs is 2. The molecule has 3 aromatic heterocycles. The standard InChI is InChI=1S/C29H32N8O2/c1-30-26(38)10-4-2-3-9-24(16-31-27(39)13-20-15-33-29-34-19-35-37(29)18-20)28-32-17-25(36-28)23-12-11-21-7-5-6-8-22(21)14-23/h5-8,11-12,14-15,17-19,24H,2-4,9-10,13,16H2,1H3,(H,30,38)(H,31,39)(H,32,36). The molecule has 0 radical (unpaired) electrons. The first-order chi connectivity index (χ1) is 19.1. The molecule has 0 spiro atoms. The van der Waals surface area contributed by atoms with Gasteiger partial charge in [0.15, 0.2) is 0 Å². The minimum atomic E-state index is -0.0952. The Morgan fingerprint density at radius 3 is 2.72 bits per heavy atom. The number of hydrogen-bond acceptors (Lipinski definition) is 6. The molecule has 2 amide bonds. The molecule has 3 N–H and O–H groups in total. The molecule has 5 aromatic rings. The van der Waals surface area contributed by atoms with Gasteiger partial charge in [-0.2, -0.15) is 10.1 Å². The number of benzene rings is 2. The number of carbonyl (C=O) groups excluding carboxylic acids is 2. The second-order valence-electron chi connectivity index (χ2n) is 9.66. The van der Waals surface area contributed by atoms with Crippen LogP contribution in [0, 0.1) is 0 Å². The molecular formula is C29H32N8O2. The number of H-pyrrole nitrogens is 1. The number of aromatic nitrogens is 6. The molecule has 0 bridgehead atoms. The summed E-state index contributed by atoms with van der Waals surface area (Å²) in [6.45, 7) is 0.456. The van der Waals surface area contributed by atoms with Gasteiger partial charge >= 0.3 is 0 Å². The molecule has 0 aliphatic carbocycles. The molecule has 10 nitrogen and oxygen atoms in total. The first-order valence-electron chi connectivity index (χ1n) is 13.2. The summed E-state index contributed by atoms with van der Waals surface area (Å²) in [4.78, 5) is 40.8. The topological polar surface area (TPSA) is 130 Å². The van der Waals surface area contributed by atoms with Crippen LogP contribution in [0.1, 0.15) is 49.4 Å². The highest BCUT2D eigenvalue weighted by Crippen LogP contribution is 2.26. The van der Waals surface area contributed by atoms with Crippen molar-refractivity contribution in [3.8, 4) is 11.3 Å². The van der Waals surface area contributed by atoms with E-state index in [1.165, 1.54) is 17.1 Å². The quantitative estimate of drug-likeness (QED) is 0.213. The minimum absolute atomic E-state index is 0.0130. The summed E-state index contributed by atoms with van der Waals surface area (Å²) >= 11 is 0. The number of aromatic amines is 1. The Labute approximate surface area is 226 Å². The third-order valence-corrected chi connectivity index (χ3v) is 6.88. The highest BCUT2D eigenvalue weighted by Gasteiger charge is 2.18. The molecule has 3 heterocycles. The van der Waals surface area contributed by atoms with Crippen molar-refractivity contribution in [3.63, 3.8) is 0 Å². The first-order valence-corrected chi connectivity index (χ1v) is 13.2. The predicted molar refractivity (Wildman–Crippen MR) is 149 cm³/mol. The van der Waals surface area contributed by atoms with Crippen LogP contribution in [0.3, 0.4) is 0 Å². The van der Waals surface area contributed by atoms with Crippen LogP contribution in [0.4, 0.5) is 0 Å². The average molecular weight is 525 g/mol. The molecule has 200 valence electrons. The van der Waals surface area contributed by atoms with Crippen LogP contribution in [0.2, 0.25) is 0 Å². The van der Waals surface area contributed by atoms with E-state index in [2.05, 4.69) is 61.0 Å². The monoisotopic (exact) mass is 524 g/mol. The van der Waals surface area contributed by atoms with Crippen LogP contribution in [0.5, 0.6) is 0 Å². The van der Waals surface area contributed by atoms with E-state index in [1.807, 2.05) is 18.3 Å². The molecule has 0 fully saturated rings. The van der Waals surface area contributed by atoms with E-state index in [0.717, 1.165) is 48.3 Å². The van der Waals surface area contributed by atoms with Crippen molar-refractivity contribution in [1.82, 2.24) is 40.2 Å². The van der Waals surface area contributed by atoms with E-state index in [-0.39, 0.29) is 24.2 Å². The zero-order valence-electron chi connectivity index (χ0n) is 21.9. The molecule has 5 rings (SSSR count). The molecule has 0 saturated carbocycles. The van der Waals surface area contributed by atoms with Crippen molar-refractivity contribution in [2.45, 2.75) is 44.4 Å². The Balaban J connectivity index is 1.25. The number of nitrogens with zero attached hydrogens (tertiary/aromatic N) is 5. The Morgan fingerprint density at radius 2 is 1.85 bits per heavy atom. The van der Waals surface area contributed by atoms with Gasteiger partial charge in [0, 0.05) is 43.9 Å². The van der Waals surface area contributed by atoms with E-state index in [1.54, 1.807) is 24.0 Å². The van der Waals surface area contributed by atoms with Crippen molar-refractivity contribution in [1.29, 1.82) is 0 Å². The Hall–Kier alpha value is -4.60. The lowest BCUT2D eigenvalue weighted by molar-refractivity contribution is -0.121. The Bertz CT molecular complexity index is 1570. The first kappa shape index (κ1) is 26.0. The summed E-state index contributed by atoms with van der Waals surface area (Å²) in [7, 11) is 1.66. The third kappa shape index (κ3) is 6.64. The van der Waals surface area contributed by atoms with Gasteiger partial charge < -0.3 is 15.6 Å². The molecule has 0 aliphatic heterocycles. The van der Waals surface area contributed by atoms with Crippen molar-refractivity contribution in [3.05, 3.63) is 78.8 Å². The number of carbonyl (C=O) groups is 2. The highest BCUT2D eigenvalue weighted by atomic mass is 16.2. The van der Waals surface area contributed by atoms with Crippen LogP contribution in [0.15, 0.2) is 67.4 Å². The summed E-state index contributed by atoms with van der Waals surface area (Å²) in [5, 5.41) is 12.2. The zero-order valence-corrected chi connectivity index (χ0v) is 21.9. The van der Waals surface area contributed by atoms with E-state index >= 15 is 0 Å². The van der Waals surface area contributed by atoms with Gasteiger partial charge in [-0.3, -0.25) is 9.59 Å². The zero-order chi connectivity index (χ0) is 27.0. The van der Waals surface area contributed by atoms with Gasteiger partial charge in [0.2, 0.25) is 11.8 Å². The summed E-state index contributed by atoms with van der Waals surface area (Å²) < 4.78 is 1.56. The van der Waals surface area contributed by atoms with E-state index in [9.17, 15) is 9.59 Å². The second kappa shape index (κ2) is 12.3. The largest absolute Gasteiger partial charge is 0.359 e. The van der Waals surface area contributed by atoms with E-state index < -0.39 is 0 Å². The van der Waals surface area contributed by atoms with Crippen LogP contribution < -0.4 is 10.6 Å². The fraction of sp³-hybridized carbons (Fsp3) is 0.310. The van der Waals surface area contributed by atoms with Crippen LogP contribution >= 0.6 is 0 Å². The molecule has 1 atom stereocenters. The number of amides is 2. The SMILES string of the molecule is CNC(=O)CCCCCC(CNC(=O)Cc1cnc2ncnn2c1)c1ncc(-c2ccc3ccccc3c2)[nH]1. The number of imidazole rings is 1. The van der Waals surface area contributed by atoms with Crippen molar-refractivity contribution >= 4 is 28.4 Å². The summed E-state index contributed by atoms with van der Waals surface area (Å²) in [5.74, 6) is 1.32.